The lowest BCUT2D eigenvalue weighted by atomic mass is 9.66. The van der Waals surface area contributed by atoms with Crippen LogP contribution in [-0.2, 0) is 0 Å². The summed E-state index contributed by atoms with van der Waals surface area (Å²) in [5.41, 5.74) is 2.60. The maximum Gasteiger partial charge on any atom is 0.114 e. The monoisotopic (exact) mass is 510 g/mol. The summed E-state index contributed by atoms with van der Waals surface area (Å²) >= 11 is 2.20. The molecule has 196 valence electrons. The number of aliphatic hydroxyl groups excluding tert-OH is 1. The van der Waals surface area contributed by atoms with E-state index in [0.717, 1.165) is 37.5 Å². The van der Waals surface area contributed by atoms with Crippen molar-refractivity contribution in [3.63, 3.8) is 0 Å². The van der Waals surface area contributed by atoms with Crippen molar-refractivity contribution >= 4 is 11.8 Å². The highest BCUT2D eigenvalue weighted by molar-refractivity contribution is 8.01. The molecule has 0 bridgehead atoms. The first kappa shape index (κ1) is 23.9. The molecule has 7 rings (SSSR count). The van der Waals surface area contributed by atoms with Crippen LogP contribution >= 0.6 is 11.8 Å². The van der Waals surface area contributed by atoms with Crippen LogP contribution in [0.15, 0.2) is 46.0 Å². The Bertz CT molecular complexity index is 1040. The molecule has 5 aliphatic heterocycles. The van der Waals surface area contributed by atoms with Crippen LogP contribution in [0.2, 0.25) is 0 Å². The summed E-state index contributed by atoms with van der Waals surface area (Å²) in [5.74, 6) is 2.50. The molecule has 0 amide bonds. The Kier molecular flexibility index (Phi) is 5.92. The average molecular weight is 511 g/mol. The van der Waals surface area contributed by atoms with Crippen LogP contribution in [0.3, 0.4) is 0 Å². The minimum Gasteiger partial charge on any atom is -0.472 e. The van der Waals surface area contributed by atoms with Gasteiger partial charge in [0.05, 0.1) is 25.1 Å². The van der Waals surface area contributed by atoms with Crippen molar-refractivity contribution in [1.29, 1.82) is 0 Å². The largest absolute Gasteiger partial charge is 0.472 e. The molecule has 6 heteroatoms. The summed E-state index contributed by atoms with van der Waals surface area (Å²) in [7, 11) is 0. The van der Waals surface area contributed by atoms with Crippen molar-refractivity contribution in [3.8, 4) is 0 Å². The van der Waals surface area contributed by atoms with E-state index in [1.165, 1.54) is 49.7 Å². The molecule has 0 aliphatic carbocycles. The van der Waals surface area contributed by atoms with E-state index in [9.17, 15) is 5.11 Å². The molecular formula is C30H42N2O3S. The second-order valence-electron chi connectivity index (χ2n) is 13.0. The van der Waals surface area contributed by atoms with Gasteiger partial charge in [0.15, 0.2) is 0 Å². The molecule has 0 aromatic carbocycles. The third kappa shape index (κ3) is 3.69. The standard InChI is InChI=1S/C30H42N2O3S/c1-20-3-5-26(22-9-13-34-15-22)31-18-30(12-8-24(20)31)17-29(19-36-30)11-7-25-21(2)4-6-27(32(25)28(29)33)23-10-14-35-16-23/h9-10,13-16,20-21,24-28,33H,3-8,11-12,17-19H2,1-2H3/t20-,21-,24+,25+,26+,27+,28-,29-,30-/m1/s1. The van der Waals surface area contributed by atoms with Crippen molar-refractivity contribution in [2.45, 2.75) is 107 Å². The highest BCUT2D eigenvalue weighted by Crippen LogP contribution is 2.62. The van der Waals surface area contributed by atoms with E-state index in [2.05, 4.69) is 47.5 Å². The van der Waals surface area contributed by atoms with E-state index in [1.807, 2.05) is 18.8 Å². The molecule has 5 fully saturated rings. The van der Waals surface area contributed by atoms with E-state index in [-0.39, 0.29) is 22.4 Å². The van der Waals surface area contributed by atoms with Crippen LogP contribution in [0.4, 0.5) is 0 Å². The first-order valence-electron chi connectivity index (χ1n) is 14.4. The van der Waals surface area contributed by atoms with Gasteiger partial charge in [-0.3, -0.25) is 9.80 Å². The van der Waals surface area contributed by atoms with Crippen LogP contribution in [0.1, 0.15) is 94.8 Å². The summed E-state index contributed by atoms with van der Waals surface area (Å²) in [6.45, 7) is 6.01. The van der Waals surface area contributed by atoms with Crippen molar-refractivity contribution in [2.24, 2.45) is 17.3 Å². The van der Waals surface area contributed by atoms with Crippen LogP contribution in [0, 0.1) is 17.3 Å². The second kappa shape index (κ2) is 8.93. The number of thioether (sulfide) groups is 1. The molecule has 0 unspecified atom stereocenters. The predicted molar refractivity (Wildman–Crippen MR) is 143 cm³/mol. The Balaban J connectivity index is 1.16. The Morgan fingerprint density at radius 3 is 2.25 bits per heavy atom. The molecule has 5 nitrogen and oxygen atoms in total. The third-order valence-electron chi connectivity index (χ3n) is 11.0. The Hall–Kier alpha value is -1.21. The molecular weight excluding hydrogens is 468 g/mol. The minimum atomic E-state index is -0.367. The van der Waals surface area contributed by atoms with Crippen molar-refractivity contribution in [3.05, 3.63) is 48.3 Å². The molecule has 0 saturated carbocycles. The van der Waals surface area contributed by atoms with E-state index >= 15 is 0 Å². The van der Waals surface area contributed by atoms with Crippen molar-refractivity contribution < 1.29 is 13.9 Å². The van der Waals surface area contributed by atoms with Gasteiger partial charge in [0.2, 0.25) is 0 Å². The zero-order chi connectivity index (χ0) is 24.5. The molecule has 5 saturated heterocycles. The molecule has 2 spiro atoms. The lowest BCUT2D eigenvalue weighted by molar-refractivity contribution is -0.182. The minimum absolute atomic E-state index is 0.000408. The normalized spacial score (nSPS) is 45.7. The second-order valence-corrected chi connectivity index (χ2v) is 14.4. The van der Waals surface area contributed by atoms with Crippen LogP contribution in [-0.4, -0.2) is 50.3 Å². The fraction of sp³-hybridized carbons (Fsp3) is 0.733. The number of piperidine rings is 4. The number of rotatable bonds is 2. The van der Waals surface area contributed by atoms with Gasteiger partial charge in [-0.05, 0) is 81.8 Å². The molecule has 7 heterocycles. The fourth-order valence-electron chi connectivity index (χ4n) is 9.05. The van der Waals surface area contributed by atoms with Gasteiger partial charge in [0.1, 0.15) is 6.23 Å². The molecule has 1 N–H and O–H groups in total. The zero-order valence-electron chi connectivity index (χ0n) is 21.9. The Morgan fingerprint density at radius 1 is 0.861 bits per heavy atom. The first-order valence-corrected chi connectivity index (χ1v) is 15.4. The molecule has 9 atom stereocenters. The highest BCUT2D eigenvalue weighted by atomic mass is 32.2. The van der Waals surface area contributed by atoms with Gasteiger partial charge in [-0.15, -0.1) is 0 Å². The van der Waals surface area contributed by atoms with E-state index in [0.29, 0.717) is 24.0 Å². The first-order chi connectivity index (χ1) is 17.5. The third-order valence-corrected chi connectivity index (χ3v) is 12.8. The average Bonchev–Trinajstić information content (AvgIpc) is 3.65. The maximum absolute atomic E-state index is 12.2. The van der Waals surface area contributed by atoms with Gasteiger partial charge in [0, 0.05) is 57.8 Å². The molecule has 5 aliphatic rings. The Labute approximate surface area is 220 Å². The van der Waals surface area contributed by atoms with Gasteiger partial charge in [-0.25, -0.2) is 0 Å². The quantitative estimate of drug-likeness (QED) is 0.490. The summed E-state index contributed by atoms with van der Waals surface area (Å²) in [4.78, 5) is 5.38. The number of hydrogen-bond acceptors (Lipinski definition) is 6. The molecule has 2 aromatic heterocycles. The van der Waals surface area contributed by atoms with Gasteiger partial charge in [-0.2, -0.15) is 11.8 Å². The molecule has 36 heavy (non-hydrogen) atoms. The number of nitrogens with zero attached hydrogens (tertiary/aromatic N) is 2. The summed E-state index contributed by atoms with van der Waals surface area (Å²) < 4.78 is 11.3. The van der Waals surface area contributed by atoms with Gasteiger partial charge in [-0.1, -0.05) is 13.8 Å². The van der Waals surface area contributed by atoms with Crippen LogP contribution < -0.4 is 0 Å². The predicted octanol–water partition coefficient (Wildman–Crippen LogP) is 6.62. The van der Waals surface area contributed by atoms with E-state index in [4.69, 9.17) is 8.83 Å². The lowest BCUT2D eigenvalue weighted by Crippen LogP contribution is -2.62. The maximum atomic E-state index is 12.2. The van der Waals surface area contributed by atoms with Gasteiger partial charge >= 0.3 is 0 Å². The SMILES string of the molecule is C[C@@H]1CC[C@@H](c2ccoc2)N2C[C@@]3(CC[C@@H]12)C[C@]1(CC[C@H]2[C@H](C)CC[C@@H](c4ccoc4)N2[C@@H]1O)CS3. The van der Waals surface area contributed by atoms with Crippen LogP contribution in [0.5, 0.6) is 0 Å². The lowest BCUT2D eigenvalue weighted by Gasteiger charge is -2.57. The van der Waals surface area contributed by atoms with E-state index in [1.54, 1.807) is 6.26 Å². The van der Waals surface area contributed by atoms with E-state index < -0.39 is 0 Å². The van der Waals surface area contributed by atoms with Crippen molar-refractivity contribution in [2.75, 3.05) is 12.3 Å². The van der Waals surface area contributed by atoms with Gasteiger partial charge in [0.25, 0.3) is 0 Å². The topological polar surface area (TPSA) is 53.0 Å². The summed E-state index contributed by atoms with van der Waals surface area (Å²) in [6, 6.07) is 6.21. The number of fused-ring (bicyclic) bond motifs is 2. The molecule has 2 aromatic rings. The summed E-state index contributed by atoms with van der Waals surface area (Å²) in [5, 5.41) is 12.2. The molecule has 0 radical (unpaired) electrons. The smallest absolute Gasteiger partial charge is 0.114 e. The zero-order valence-corrected chi connectivity index (χ0v) is 22.7. The highest BCUT2D eigenvalue weighted by Gasteiger charge is 2.60. The Morgan fingerprint density at radius 2 is 1.53 bits per heavy atom. The van der Waals surface area contributed by atoms with Crippen molar-refractivity contribution in [1.82, 2.24) is 9.80 Å². The number of hydrogen-bond donors (Lipinski definition) is 1. The van der Waals surface area contributed by atoms with Gasteiger partial charge < -0.3 is 13.9 Å². The number of furan rings is 2. The fourth-order valence-corrected chi connectivity index (χ4v) is 10.9. The number of aliphatic hydroxyl groups is 1. The van der Waals surface area contributed by atoms with Crippen LogP contribution in [0.25, 0.3) is 0 Å². The summed E-state index contributed by atoms with van der Waals surface area (Å²) in [6.07, 6.45) is 18.1.